The van der Waals surface area contributed by atoms with Crippen LogP contribution in [0.3, 0.4) is 0 Å². The minimum Gasteiger partial charge on any atom is -0.455 e. The Morgan fingerprint density at radius 3 is 2.54 bits per heavy atom. The lowest BCUT2D eigenvalue weighted by Gasteiger charge is -2.15. The van der Waals surface area contributed by atoms with Gasteiger partial charge in [0, 0.05) is 17.7 Å². The van der Waals surface area contributed by atoms with Crippen LogP contribution in [0.4, 0.5) is 5.69 Å². The highest BCUT2D eigenvalue weighted by Crippen LogP contribution is 2.29. The summed E-state index contributed by atoms with van der Waals surface area (Å²) >= 11 is 0. The largest absolute Gasteiger partial charge is 0.455 e. The summed E-state index contributed by atoms with van der Waals surface area (Å²) in [5.41, 5.74) is 0.853. The second-order valence-electron chi connectivity index (χ2n) is 6.55. The molecule has 1 aromatic heterocycles. The Labute approximate surface area is 161 Å². The molecule has 6 heteroatoms. The van der Waals surface area contributed by atoms with Crippen molar-refractivity contribution in [2.45, 2.75) is 19.3 Å². The van der Waals surface area contributed by atoms with Crippen LogP contribution in [0.15, 0.2) is 65.5 Å². The SMILES string of the molecule is O=C1CCCc2[nH]c(=O)c(C(=O)Nc3ccccc3Oc3ccccc3)cc21. The van der Waals surface area contributed by atoms with E-state index in [2.05, 4.69) is 10.3 Å². The number of carbonyl (C=O) groups excluding carboxylic acids is 2. The van der Waals surface area contributed by atoms with Crippen LogP contribution in [-0.4, -0.2) is 16.7 Å². The molecule has 0 aliphatic heterocycles. The lowest BCUT2D eigenvalue weighted by Crippen LogP contribution is -2.27. The van der Waals surface area contributed by atoms with E-state index in [1.807, 2.05) is 18.2 Å². The summed E-state index contributed by atoms with van der Waals surface area (Å²) < 4.78 is 5.83. The lowest BCUT2D eigenvalue weighted by molar-refractivity contribution is 0.0971. The third kappa shape index (κ3) is 3.57. The molecule has 1 aliphatic rings. The molecule has 0 spiro atoms. The fraction of sp³-hybridized carbons (Fsp3) is 0.136. The van der Waals surface area contributed by atoms with Crippen molar-refractivity contribution in [2.24, 2.45) is 0 Å². The van der Waals surface area contributed by atoms with Crippen molar-refractivity contribution >= 4 is 17.4 Å². The van der Waals surface area contributed by atoms with Gasteiger partial charge in [0.15, 0.2) is 11.5 Å². The third-order valence-electron chi connectivity index (χ3n) is 4.60. The molecule has 4 rings (SSSR count). The first-order valence-corrected chi connectivity index (χ1v) is 9.04. The minimum atomic E-state index is -0.591. The number of anilines is 1. The molecule has 0 saturated carbocycles. The molecular formula is C22H18N2O4. The Bertz CT molecular complexity index is 1100. The lowest BCUT2D eigenvalue weighted by atomic mass is 9.93. The Morgan fingerprint density at radius 1 is 0.964 bits per heavy atom. The Hall–Kier alpha value is -3.67. The molecule has 140 valence electrons. The summed E-state index contributed by atoms with van der Waals surface area (Å²) in [6.45, 7) is 0. The molecule has 0 radical (unpaired) electrons. The highest BCUT2D eigenvalue weighted by Gasteiger charge is 2.22. The smallest absolute Gasteiger partial charge is 0.261 e. The number of aromatic amines is 1. The number of ether oxygens (including phenoxy) is 1. The van der Waals surface area contributed by atoms with Crippen molar-refractivity contribution in [3.05, 3.63) is 87.8 Å². The van der Waals surface area contributed by atoms with Crippen LogP contribution in [0.25, 0.3) is 0 Å². The first kappa shape index (κ1) is 17.7. The van der Waals surface area contributed by atoms with Crippen LogP contribution in [0.2, 0.25) is 0 Å². The van der Waals surface area contributed by atoms with Gasteiger partial charge in [0.1, 0.15) is 11.3 Å². The summed E-state index contributed by atoms with van der Waals surface area (Å²) in [5, 5.41) is 2.71. The van der Waals surface area contributed by atoms with Gasteiger partial charge in [-0.25, -0.2) is 0 Å². The predicted octanol–water partition coefficient (Wildman–Crippen LogP) is 3.94. The number of hydrogen-bond acceptors (Lipinski definition) is 4. The number of nitrogens with one attached hydrogen (secondary N) is 2. The zero-order valence-electron chi connectivity index (χ0n) is 15.0. The highest BCUT2D eigenvalue weighted by molar-refractivity contribution is 6.07. The van der Waals surface area contributed by atoms with Crippen molar-refractivity contribution in [3.63, 3.8) is 0 Å². The molecule has 1 heterocycles. The van der Waals surface area contributed by atoms with Crippen LogP contribution in [0.5, 0.6) is 11.5 Å². The van der Waals surface area contributed by atoms with Gasteiger partial charge < -0.3 is 15.0 Å². The van der Waals surface area contributed by atoms with E-state index in [4.69, 9.17) is 4.74 Å². The van der Waals surface area contributed by atoms with Crippen LogP contribution in [0, 0.1) is 0 Å². The van der Waals surface area contributed by atoms with Gasteiger partial charge in [0.2, 0.25) is 0 Å². The molecule has 0 saturated heterocycles. The second-order valence-corrected chi connectivity index (χ2v) is 6.55. The number of hydrogen-bond donors (Lipinski definition) is 2. The number of aryl methyl sites for hydroxylation is 1. The number of rotatable bonds is 4. The molecule has 0 bridgehead atoms. The van der Waals surface area contributed by atoms with Gasteiger partial charge >= 0.3 is 0 Å². The minimum absolute atomic E-state index is 0.0561. The Balaban J connectivity index is 1.62. The van der Waals surface area contributed by atoms with Crippen molar-refractivity contribution in [2.75, 3.05) is 5.32 Å². The van der Waals surface area contributed by atoms with Gasteiger partial charge in [-0.2, -0.15) is 0 Å². The van der Waals surface area contributed by atoms with Gasteiger partial charge in [0.25, 0.3) is 11.5 Å². The number of Topliss-reactive ketones (excluding diaryl/α,β-unsaturated/α-hetero) is 1. The summed E-state index contributed by atoms with van der Waals surface area (Å²) in [6.07, 6.45) is 1.76. The van der Waals surface area contributed by atoms with Crippen molar-refractivity contribution in [3.8, 4) is 11.5 Å². The van der Waals surface area contributed by atoms with Gasteiger partial charge in [-0.05, 0) is 43.2 Å². The number of fused-ring (bicyclic) bond motifs is 1. The van der Waals surface area contributed by atoms with E-state index in [9.17, 15) is 14.4 Å². The predicted molar refractivity (Wildman–Crippen MR) is 105 cm³/mol. The Morgan fingerprint density at radius 2 is 1.71 bits per heavy atom. The molecule has 0 unspecified atom stereocenters. The van der Waals surface area contributed by atoms with Crippen molar-refractivity contribution < 1.29 is 14.3 Å². The zero-order valence-corrected chi connectivity index (χ0v) is 15.0. The monoisotopic (exact) mass is 374 g/mol. The fourth-order valence-corrected chi connectivity index (χ4v) is 3.21. The van der Waals surface area contributed by atoms with Crippen LogP contribution < -0.4 is 15.6 Å². The molecule has 2 N–H and O–H groups in total. The number of benzene rings is 2. The van der Waals surface area contributed by atoms with Crippen LogP contribution in [0.1, 0.15) is 39.3 Å². The number of para-hydroxylation sites is 3. The van der Waals surface area contributed by atoms with Gasteiger partial charge in [-0.3, -0.25) is 14.4 Å². The molecule has 0 fully saturated rings. The van der Waals surface area contributed by atoms with E-state index in [-0.39, 0.29) is 11.3 Å². The van der Waals surface area contributed by atoms with E-state index in [0.717, 1.165) is 0 Å². The number of amides is 1. The normalized spacial score (nSPS) is 12.9. The maximum atomic E-state index is 12.7. The summed E-state index contributed by atoms with van der Waals surface area (Å²) in [7, 11) is 0. The standard InChI is InChI=1S/C22H18N2O4/c25-19-11-6-10-17-15(19)13-16(21(26)23-17)22(27)24-18-9-4-5-12-20(18)28-14-7-2-1-3-8-14/h1-5,7-9,12-13H,6,10-11H2,(H,23,26)(H,24,27). The first-order valence-electron chi connectivity index (χ1n) is 9.04. The first-order chi connectivity index (χ1) is 13.6. The van der Waals surface area contributed by atoms with E-state index in [0.29, 0.717) is 47.7 Å². The number of pyridine rings is 1. The van der Waals surface area contributed by atoms with E-state index < -0.39 is 11.5 Å². The quantitative estimate of drug-likeness (QED) is 0.724. The maximum Gasteiger partial charge on any atom is 0.261 e. The topological polar surface area (TPSA) is 88.3 Å². The third-order valence-corrected chi connectivity index (χ3v) is 4.60. The molecule has 0 atom stereocenters. The molecule has 6 nitrogen and oxygen atoms in total. The molecule has 3 aromatic rings. The molecular weight excluding hydrogens is 356 g/mol. The molecule has 28 heavy (non-hydrogen) atoms. The maximum absolute atomic E-state index is 12.7. The molecule has 2 aromatic carbocycles. The fourth-order valence-electron chi connectivity index (χ4n) is 3.21. The number of carbonyl (C=O) groups is 2. The van der Waals surface area contributed by atoms with Crippen molar-refractivity contribution in [1.82, 2.24) is 4.98 Å². The van der Waals surface area contributed by atoms with E-state index in [1.54, 1.807) is 36.4 Å². The average molecular weight is 374 g/mol. The zero-order chi connectivity index (χ0) is 19.5. The number of ketones is 1. The number of aromatic nitrogens is 1. The number of H-pyrrole nitrogens is 1. The Kier molecular flexibility index (Phi) is 4.76. The van der Waals surface area contributed by atoms with Gasteiger partial charge in [-0.1, -0.05) is 30.3 Å². The van der Waals surface area contributed by atoms with Crippen molar-refractivity contribution in [1.29, 1.82) is 0 Å². The molecule has 1 amide bonds. The average Bonchev–Trinajstić information content (AvgIpc) is 2.70. The van der Waals surface area contributed by atoms with Crippen LogP contribution >= 0.6 is 0 Å². The van der Waals surface area contributed by atoms with Gasteiger partial charge in [-0.15, -0.1) is 0 Å². The molecule has 1 aliphatic carbocycles. The van der Waals surface area contributed by atoms with Crippen LogP contribution in [-0.2, 0) is 6.42 Å². The summed E-state index contributed by atoms with van der Waals surface area (Å²) in [6, 6.07) is 17.5. The highest BCUT2D eigenvalue weighted by atomic mass is 16.5. The van der Waals surface area contributed by atoms with E-state index >= 15 is 0 Å². The second kappa shape index (κ2) is 7.52. The van der Waals surface area contributed by atoms with E-state index in [1.165, 1.54) is 6.07 Å². The van der Waals surface area contributed by atoms with Gasteiger partial charge in [0.05, 0.1) is 5.69 Å². The summed E-state index contributed by atoms with van der Waals surface area (Å²) in [5.74, 6) is 0.430. The summed E-state index contributed by atoms with van der Waals surface area (Å²) in [4.78, 5) is 39.9.